The van der Waals surface area contributed by atoms with Gasteiger partial charge >= 0.3 is 0 Å². The summed E-state index contributed by atoms with van der Waals surface area (Å²) < 4.78 is 0. The van der Waals surface area contributed by atoms with Gasteiger partial charge < -0.3 is 5.11 Å². The van der Waals surface area contributed by atoms with Gasteiger partial charge in [0.25, 0.3) is 0 Å². The molecule has 0 saturated heterocycles. The Morgan fingerprint density at radius 2 is 2.00 bits per heavy atom. The molecule has 1 atom stereocenters. The molecule has 1 aliphatic rings. The first kappa shape index (κ1) is 9.05. The van der Waals surface area contributed by atoms with Crippen LogP contribution < -0.4 is 0 Å². The fourth-order valence-electron chi connectivity index (χ4n) is 1.91. The molecular formula is C10H20O. The molecule has 0 aromatic carbocycles. The van der Waals surface area contributed by atoms with Gasteiger partial charge in [0.2, 0.25) is 0 Å². The normalized spacial score (nSPS) is 23.7. The van der Waals surface area contributed by atoms with E-state index in [9.17, 15) is 5.11 Å². The highest BCUT2D eigenvalue weighted by Crippen LogP contribution is 2.38. The minimum atomic E-state index is -0.394. The third kappa shape index (κ3) is 3.76. The van der Waals surface area contributed by atoms with Crippen LogP contribution in [0.1, 0.15) is 46.5 Å². The van der Waals surface area contributed by atoms with Crippen LogP contribution in [0.25, 0.3) is 0 Å². The van der Waals surface area contributed by atoms with E-state index >= 15 is 0 Å². The summed E-state index contributed by atoms with van der Waals surface area (Å²) in [4.78, 5) is 0. The van der Waals surface area contributed by atoms with Crippen molar-refractivity contribution in [2.24, 2.45) is 11.8 Å². The van der Waals surface area contributed by atoms with Crippen LogP contribution in [0.3, 0.4) is 0 Å². The molecule has 1 rings (SSSR count). The molecule has 0 heterocycles. The van der Waals surface area contributed by atoms with Crippen LogP contribution in [0.4, 0.5) is 0 Å². The molecule has 0 aromatic rings. The number of hydrogen-bond donors (Lipinski definition) is 1. The molecule has 1 N–H and O–H groups in total. The average molecular weight is 156 g/mol. The van der Waals surface area contributed by atoms with Crippen LogP contribution >= 0.6 is 0 Å². The molecule has 0 aromatic heterocycles. The van der Waals surface area contributed by atoms with Gasteiger partial charge in [-0.05, 0) is 31.6 Å². The van der Waals surface area contributed by atoms with Crippen LogP contribution in [0.15, 0.2) is 0 Å². The van der Waals surface area contributed by atoms with Crippen molar-refractivity contribution < 1.29 is 5.11 Å². The second kappa shape index (κ2) is 3.14. The maximum atomic E-state index is 9.90. The maximum Gasteiger partial charge on any atom is 0.0624 e. The Balaban J connectivity index is 2.24. The van der Waals surface area contributed by atoms with Gasteiger partial charge in [0, 0.05) is 0 Å². The molecule has 0 radical (unpaired) electrons. The number of rotatable bonds is 4. The van der Waals surface area contributed by atoms with Crippen molar-refractivity contribution in [3.63, 3.8) is 0 Å². The summed E-state index contributed by atoms with van der Waals surface area (Å²) in [6, 6.07) is 0. The lowest BCUT2D eigenvalue weighted by Crippen LogP contribution is -2.26. The second-order valence-corrected chi connectivity index (χ2v) is 4.74. The third-order valence-electron chi connectivity index (χ3n) is 2.27. The van der Waals surface area contributed by atoms with Crippen molar-refractivity contribution in [3.8, 4) is 0 Å². The molecule has 0 amide bonds. The van der Waals surface area contributed by atoms with Crippen molar-refractivity contribution in [2.45, 2.75) is 52.1 Å². The fourth-order valence-corrected chi connectivity index (χ4v) is 1.91. The maximum absolute atomic E-state index is 9.90. The third-order valence-corrected chi connectivity index (χ3v) is 2.27. The first-order chi connectivity index (χ1) is 4.99. The van der Waals surface area contributed by atoms with Crippen LogP contribution in [-0.4, -0.2) is 10.7 Å². The SMILES string of the molecule is CC(C)CC(C)(O)CC1CC1. The predicted molar refractivity (Wildman–Crippen MR) is 47.4 cm³/mol. The average Bonchev–Trinajstić information content (AvgIpc) is 2.43. The summed E-state index contributed by atoms with van der Waals surface area (Å²) in [5.41, 5.74) is -0.394. The highest BCUT2D eigenvalue weighted by molar-refractivity contribution is 4.84. The van der Waals surface area contributed by atoms with Crippen LogP contribution in [-0.2, 0) is 0 Å². The second-order valence-electron chi connectivity index (χ2n) is 4.74. The summed E-state index contributed by atoms with van der Waals surface area (Å²) in [5, 5.41) is 9.90. The van der Waals surface area contributed by atoms with Crippen LogP contribution in [0, 0.1) is 11.8 Å². The highest BCUT2D eigenvalue weighted by atomic mass is 16.3. The van der Waals surface area contributed by atoms with Gasteiger partial charge in [0.15, 0.2) is 0 Å². The highest BCUT2D eigenvalue weighted by Gasteiger charge is 2.31. The summed E-state index contributed by atoms with van der Waals surface area (Å²) >= 11 is 0. The molecule has 1 aliphatic carbocycles. The van der Waals surface area contributed by atoms with Crippen molar-refractivity contribution in [1.82, 2.24) is 0 Å². The Bertz CT molecular complexity index is 117. The van der Waals surface area contributed by atoms with Gasteiger partial charge in [-0.1, -0.05) is 26.7 Å². The quantitative estimate of drug-likeness (QED) is 0.663. The lowest BCUT2D eigenvalue weighted by atomic mass is 9.89. The van der Waals surface area contributed by atoms with Crippen molar-refractivity contribution >= 4 is 0 Å². The zero-order valence-electron chi connectivity index (χ0n) is 7.93. The zero-order valence-corrected chi connectivity index (χ0v) is 7.93. The summed E-state index contributed by atoms with van der Waals surface area (Å²) in [7, 11) is 0. The van der Waals surface area contributed by atoms with Crippen molar-refractivity contribution in [3.05, 3.63) is 0 Å². The Morgan fingerprint density at radius 3 is 2.36 bits per heavy atom. The molecule has 0 aliphatic heterocycles. The number of aliphatic hydroxyl groups is 1. The van der Waals surface area contributed by atoms with E-state index in [4.69, 9.17) is 0 Å². The van der Waals surface area contributed by atoms with Gasteiger partial charge in [0.05, 0.1) is 5.60 Å². The molecule has 0 spiro atoms. The van der Waals surface area contributed by atoms with E-state index in [2.05, 4.69) is 13.8 Å². The van der Waals surface area contributed by atoms with E-state index in [1.165, 1.54) is 12.8 Å². The molecule has 1 nitrogen and oxygen atoms in total. The molecule has 1 saturated carbocycles. The Labute approximate surface area is 69.8 Å². The summed E-state index contributed by atoms with van der Waals surface area (Å²) in [6.45, 7) is 6.31. The lowest BCUT2D eigenvalue weighted by molar-refractivity contribution is 0.0246. The van der Waals surface area contributed by atoms with Gasteiger partial charge in [-0.15, -0.1) is 0 Å². The molecule has 66 valence electrons. The van der Waals surface area contributed by atoms with Gasteiger partial charge in [0.1, 0.15) is 0 Å². The first-order valence-corrected chi connectivity index (χ1v) is 4.72. The standard InChI is InChI=1S/C10H20O/c1-8(2)6-10(3,11)7-9-4-5-9/h8-9,11H,4-7H2,1-3H3. The van der Waals surface area contributed by atoms with Gasteiger partial charge in [-0.2, -0.15) is 0 Å². The van der Waals surface area contributed by atoms with E-state index in [0.29, 0.717) is 5.92 Å². The Hall–Kier alpha value is -0.0400. The summed E-state index contributed by atoms with van der Waals surface area (Å²) in [6.07, 6.45) is 4.65. The molecule has 0 bridgehead atoms. The van der Waals surface area contributed by atoms with E-state index in [1.54, 1.807) is 0 Å². The smallest absolute Gasteiger partial charge is 0.0624 e. The minimum Gasteiger partial charge on any atom is -0.390 e. The first-order valence-electron chi connectivity index (χ1n) is 4.72. The van der Waals surface area contributed by atoms with Gasteiger partial charge in [-0.3, -0.25) is 0 Å². The lowest BCUT2D eigenvalue weighted by Gasteiger charge is -2.25. The zero-order chi connectivity index (χ0) is 8.48. The van der Waals surface area contributed by atoms with E-state index < -0.39 is 5.60 Å². The molecule has 1 unspecified atom stereocenters. The van der Waals surface area contributed by atoms with E-state index in [0.717, 1.165) is 18.8 Å². The van der Waals surface area contributed by atoms with Crippen molar-refractivity contribution in [2.75, 3.05) is 0 Å². The van der Waals surface area contributed by atoms with Crippen LogP contribution in [0.2, 0.25) is 0 Å². The molecule has 11 heavy (non-hydrogen) atoms. The Kier molecular flexibility index (Phi) is 2.58. The minimum absolute atomic E-state index is 0.394. The summed E-state index contributed by atoms with van der Waals surface area (Å²) in [5.74, 6) is 1.45. The van der Waals surface area contributed by atoms with Gasteiger partial charge in [-0.25, -0.2) is 0 Å². The molecule has 1 heteroatoms. The van der Waals surface area contributed by atoms with Crippen molar-refractivity contribution in [1.29, 1.82) is 0 Å². The topological polar surface area (TPSA) is 20.2 Å². The predicted octanol–water partition coefficient (Wildman–Crippen LogP) is 2.58. The monoisotopic (exact) mass is 156 g/mol. The van der Waals surface area contributed by atoms with E-state index in [1.807, 2.05) is 6.92 Å². The molecule has 1 fully saturated rings. The van der Waals surface area contributed by atoms with Crippen LogP contribution in [0.5, 0.6) is 0 Å². The molecular weight excluding hydrogens is 136 g/mol. The van der Waals surface area contributed by atoms with E-state index in [-0.39, 0.29) is 0 Å². The number of hydrogen-bond acceptors (Lipinski definition) is 1. The largest absolute Gasteiger partial charge is 0.390 e. The fraction of sp³-hybridized carbons (Fsp3) is 1.00. The Morgan fingerprint density at radius 1 is 1.45 bits per heavy atom.